The van der Waals surface area contributed by atoms with E-state index in [1.165, 1.54) is 69.8 Å². The van der Waals surface area contributed by atoms with Crippen LogP contribution < -0.4 is 0 Å². The van der Waals surface area contributed by atoms with E-state index < -0.39 is 0 Å². The maximum Gasteiger partial charge on any atom is 0.115 e. The van der Waals surface area contributed by atoms with Crippen LogP contribution in [0.15, 0.2) is 18.7 Å². The third-order valence-corrected chi connectivity index (χ3v) is 4.42. The Hall–Kier alpha value is -0.920. The Morgan fingerprint density at radius 2 is 1.30 bits per heavy atom. The first-order chi connectivity index (χ1) is 9.73. The molecule has 0 aromatic carbocycles. The summed E-state index contributed by atoms with van der Waals surface area (Å²) in [5.41, 5.74) is 1.59. The van der Waals surface area contributed by atoms with Gasteiger partial charge in [-0.25, -0.2) is 9.97 Å². The van der Waals surface area contributed by atoms with E-state index in [9.17, 15) is 0 Å². The molecule has 0 aliphatic rings. The van der Waals surface area contributed by atoms with Crippen molar-refractivity contribution in [1.29, 1.82) is 0 Å². The Bertz CT molecular complexity index is 337. The van der Waals surface area contributed by atoms with Crippen molar-refractivity contribution in [2.45, 2.75) is 90.4 Å². The molecule has 2 heteroatoms. The molecule has 1 aromatic rings. The molecule has 1 aromatic heterocycles. The minimum atomic E-state index is 0.267. The van der Waals surface area contributed by atoms with Gasteiger partial charge in [0.05, 0.1) is 0 Å². The number of aromatic nitrogens is 2. The highest BCUT2D eigenvalue weighted by atomic mass is 14.8. The Kier molecular flexibility index (Phi) is 8.48. The van der Waals surface area contributed by atoms with Crippen molar-refractivity contribution >= 4 is 0 Å². The third-order valence-electron chi connectivity index (χ3n) is 4.42. The summed E-state index contributed by atoms with van der Waals surface area (Å²) >= 11 is 0. The van der Waals surface area contributed by atoms with Crippen molar-refractivity contribution in [2.75, 3.05) is 0 Å². The Morgan fingerprint density at radius 1 is 0.800 bits per heavy atom. The molecule has 0 saturated heterocycles. The van der Waals surface area contributed by atoms with Gasteiger partial charge in [-0.05, 0) is 23.8 Å². The molecule has 0 radical (unpaired) electrons. The molecule has 1 unspecified atom stereocenters. The van der Waals surface area contributed by atoms with Crippen molar-refractivity contribution in [3.8, 4) is 0 Å². The van der Waals surface area contributed by atoms with Gasteiger partial charge in [0.2, 0.25) is 0 Å². The van der Waals surface area contributed by atoms with Gasteiger partial charge < -0.3 is 0 Å². The van der Waals surface area contributed by atoms with E-state index in [0.29, 0.717) is 0 Å². The third kappa shape index (κ3) is 6.02. The van der Waals surface area contributed by atoms with Gasteiger partial charge in [0.25, 0.3) is 0 Å². The zero-order valence-corrected chi connectivity index (χ0v) is 13.7. The van der Waals surface area contributed by atoms with Crippen molar-refractivity contribution in [3.05, 3.63) is 24.3 Å². The fourth-order valence-electron chi connectivity index (χ4n) is 2.91. The molecule has 0 amide bonds. The minimum Gasteiger partial charge on any atom is -0.245 e. The molecule has 114 valence electrons. The predicted molar refractivity (Wildman–Crippen MR) is 86.9 cm³/mol. The summed E-state index contributed by atoms with van der Waals surface area (Å²) in [4.78, 5) is 8.45. The van der Waals surface area contributed by atoms with E-state index in [-0.39, 0.29) is 5.41 Å². The number of rotatable bonds is 11. The summed E-state index contributed by atoms with van der Waals surface area (Å²) in [6.07, 6.45) is 18.9. The molecule has 1 atom stereocenters. The molecule has 20 heavy (non-hydrogen) atoms. The molecule has 1 rings (SSSR count). The van der Waals surface area contributed by atoms with Crippen LogP contribution in [-0.4, -0.2) is 9.97 Å². The van der Waals surface area contributed by atoms with Crippen LogP contribution in [0.2, 0.25) is 0 Å². The van der Waals surface area contributed by atoms with Crippen LogP contribution in [-0.2, 0) is 5.41 Å². The number of hydrogen-bond acceptors (Lipinski definition) is 2. The highest BCUT2D eigenvalue weighted by Gasteiger charge is 2.26. The summed E-state index contributed by atoms with van der Waals surface area (Å²) in [7, 11) is 0. The first-order valence-corrected chi connectivity index (χ1v) is 8.48. The standard InChI is InChI=1S/C18H32N2/c1-4-6-8-9-11-13-18(3,12-10-7-5-2)17-14-19-16-20-15-17/h14-16H,4-13H2,1-3H3. The molecule has 2 nitrogen and oxygen atoms in total. The molecule has 0 saturated carbocycles. The number of hydrogen-bond donors (Lipinski definition) is 0. The quantitative estimate of drug-likeness (QED) is 0.486. The van der Waals surface area contributed by atoms with Crippen molar-refractivity contribution in [2.24, 2.45) is 0 Å². The van der Waals surface area contributed by atoms with Crippen LogP contribution in [0.3, 0.4) is 0 Å². The normalized spacial score (nSPS) is 14.2. The van der Waals surface area contributed by atoms with Crippen molar-refractivity contribution < 1.29 is 0 Å². The zero-order chi connectivity index (χ0) is 14.7. The summed E-state index contributed by atoms with van der Waals surface area (Å²) in [6.45, 7) is 6.95. The summed E-state index contributed by atoms with van der Waals surface area (Å²) in [5, 5.41) is 0. The monoisotopic (exact) mass is 276 g/mol. The van der Waals surface area contributed by atoms with Crippen LogP contribution in [0.5, 0.6) is 0 Å². The van der Waals surface area contributed by atoms with Crippen molar-refractivity contribution in [3.63, 3.8) is 0 Å². The topological polar surface area (TPSA) is 25.8 Å². The number of unbranched alkanes of at least 4 members (excludes halogenated alkanes) is 6. The van der Waals surface area contributed by atoms with Crippen LogP contribution in [0.25, 0.3) is 0 Å². The lowest BCUT2D eigenvalue weighted by atomic mass is 9.75. The van der Waals surface area contributed by atoms with E-state index in [1.807, 2.05) is 12.4 Å². The van der Waals surface area contributed by atoms with E-state index in [0.717, 1.165) is 0 Å². The van der Waals surface area contributed by atoms with Crippen LogP contribution in [0.4, 0.5) is 0 Å². The Balaban J connectivity index is 2.55. The van der Waals surface area contributed by atoms with Gasteiger partial charge in [0.15, 0.2) is 0 Å². The summed E-state index contributed by atoms with van der Waals surface area (Å²) in [6, 6.07) is 0. The second-order valence-electron chi connectivity index (χ2n) is 6.31. The highest BCUT2D eigenvalue weighted by molar-refractivity contribution is 5.17. The molecule has 0 aliphatic carbocycles. The second kappa shape index (κ2) is 9.90. The minimum absolute atomic E-state index is 0.267. The lowest BCUT2D eigenvalue weighted by Gasteiger charge is -2.30. The van der Waals surface area contributed by atoms with Gasteiger partial charge in [-0.15, -0.1) is 0 Å². The molecule has 0 bridgehead atoms. The SMILES string of the molecule is CCCCCCCC(C)(CCCCC)c1cncnc1. The molecule has 0 fully saturated rings. The van der Waals surface area contributed by atoms with Gasteiger partial charge in [-0.3, -0.25) is 0 Å². The van der Waals surface area contributed by atoms with E-state index in [2.05, 4.69) is 30.7 Å². The fraction of sp³-hybridized carbons (Fsp3) is 0.778. The summed E-state index contributed by atoms with van der Waals surface area (Å²) < 4.78 is 0. The molecule has 0 aliphatic heterocycles. The second-order valence-corrected chi connectivity index (χ2v) is 6.31. The van der Waals surface area contributed by atoms with Gasteiger partial charge in [-0.2, -0.15) is 0 Å². The lowest BCUT2D eigenvalue weighted by molar-refractivity contribution is 0.363. The van der Waals surface area contributed by atoms with Crippen LogP contribution in [0, 0.1) is 0 Å². The van der Waals surface area contributed by atoms with E-state index >= 15 is 0 Å². The first kappa shape index (κ1) is 17.1. The van der Waals surface area contributed by atoms with Crippen molar-refractivity contribution in [1.82, 2.24) is 9.97 Å². The average Bonchev–Trinajstić information content (AvgIpc) is 2.48. The van der Waals surface area contributed by atoms with Crippen LogP contribution in [0.1, 0.15) is 90.5 Å². The first-order valence-electron chi connectivity index (χ1n) is 8.48. The maximum atomic E-state index is 4.23. The molecular formula is C18H32N2. The largest absolute Gasteiger partial charge is 0.245 e. The Labute approximate surface area is 125 Å². The average molecular weight is 276 g/mol. The van der Waals surface area contributed by atoms with Gasteiger partial charge in [-0.1, -0.05) is 72.1 Å². The smallest absolute Gasteiger partial charge is 0.115 e. The highest BCUT2D eigenvalue weighted by Crippen LogP contribution is 2.34. The lowest BCUT2D eigenvalue weighted by Crippen LogP contribution is -2.22. The van der Waals surface area contributed by atoms with E-state index in [4.69, 9.17) is 0 Å². The van der Waals surface area contributed by atoms with Gasteiger partial charge >= 0.3 is 0 Å². The van der Waals surface area contributed by atoms with E-state index in [1.54, 1.807) is 6.33 Å². The molecule has 1 heterocycles. The molecule has 0 N–H and O–H groups in total. The zero-order valence-electron chi connectivity index (χ0n) is 13.7. The van der Waals surface area contributed by atoms with Gasteiger partial charge in [0, 0.05) is 12.4 Å². The predicted octanol–water partition coefficient (Wildman–Crippen LogP) is 5.68. The molecule has 0 spiro atoms. The number of nitrogens with zero attached hydrogens (tertiary/aromatic N) is 2. The fourth-order valence-corrected chi connectivity index (χ4v) is 2.91. The maximum absolute atomic E-state index is 4.23. The Morgan fingerprint density at radius 3 is 1.90 bits per heavy atom. The van der Waals surface area contributed by atoms with Gasteiger partial charge in [0.1, 0.15) is 6.33 Å². The van der Waals surface area contributed by atoms with Crippen LogP contribution >= 0.6 is 0 Å². The summed E-state index contributed by atoms with van der Waals surface area (Å²) in [5.74, 6) is 0. The molecular weight excluding hydrogens is 244 g/mol.